The van der Waals surface area contributed by atoms with Crippen molar-refractivity contribution in [2.24, 2.45) is 5.16 Å². The second-order valence-electron chi connectivity index (χ2n) is 7.37. The molecular formula is C23H19FN6O3S. The fourth-order valence-electron chi connectivity index (χ4n) is 3.86. The molecule has 11 heteroatoms. The highest BCUT2D eigenvalue weighted by Gasteiger charge is 2.30. The number of hydrogen-bond donors (Lipinski definition) is 1. The number of aryl methyl sites for hydroxylation is 1. The molecule has 9 nitrogen and oxygen atoms in total. The number of nitrogens with one attached hydrogen (secondary N) is 1. The van der Waals surface area contributed by atoms with E-state index in [1.165, 1.54) is 37.8 Å². The van der Waals surface area contributed by atoms with Crippen molar-refractivity contribution in [1.29, 1.82) is 0 Å². The van der Waals surface area contributed by atoms with Crippen LogP contribution in [0.4, 0.5) is 14.3 Å². The lowest BCUT2D eigenvalue weighted by molar-refractivity contribution is 0.187. The van der Waals surface area contributed by atoms with Crippen molar-refractivity contribution in [2.75, 3.05) is 19.5 Å². The van der Waals surface area contributed by atoms with Crippen molar-refractivity contribution in [3.63, 3.8) is 0 Å². The summed E-state index contributed by atoms with van der Waals surface area (Å²) in [5.41, 5.74) is 4.93. The molecule has 0 radical (unpaired) electrons. The van der Waals surface area contributed by atoms with Gasteiger partial charge in [0.1, 0.15) is 18.6 Å². The molecule has 0 saturated heterocycles. The second-order valence-corrected chi connectivity index (χ2v) is 8.37. The maximum atomic E-state index is 15.3. The number of carbonyl (C=O) groups is 1. The Labute approximate surface area is 197 Å². The number of carbonyl (C=O) groups excluding carboxylic acids is 1. The Morgan fingerprint density at radius 3 is 2.91 bits per heavy atom. The number of ether oxygens (including phenoxy) is 1. The molecule has 0 aliphatic heterocycles. The molecule has 1 amide bonds. The molecule has 0 unspecified atom stereocenters. The number of pyridine rings is 1. The lowest BCUT2D eigenvalue weighted by Crippen LogP contribution is -2.10. The smallest absolute Gasteiger partial charge is 0.413 e. The maximum absolute atomic E-state index is 15.3. The fourth-order valence-corrected chi connectivity index (χ4v) is 4.92. The first-order valence-corrected chi connectivity index (χ1v) is 11.1. The third-order valence-corrected chi connectivity index (χ3v) is 6.36. The van der Waals surface area contributed by atoms with Crippen LogP contribution in [0, 0.1) is 5.82 Å². The highest BCUT2D eigenvalue weighted by molar-refractivity contribution is 7.19. The van der Waals surface area contributed by atoms with Crippen LogP contribution >= 0.6 is 11.3 Å². The summed E-state index contributed by atoms with van der Waals surface area (Å²) in [6.45, 7) is 0. The number of benzene rings is 1. The normalized spacial score (nSPS) is 12.3. The van der Waals surface area contributed by atoms with Gasteiger partial charge in [-0.2, -0.15) is 5.10 Å². The maximum Gasteiger partial charge on any atom is 0.413 e. The summed E-state index contributed by atoms with van der Waals surface area (Å²) in [6.07, 6.45) is 5.58. The molecule has 34 heavy (non-hydrogen) atoms. The predicted molar refractivity (Wildman–Crippen MR) is 126 cm³/mol. The second kappa shape index (κ2) is 9.02. The molecule has 5 rings (SSSR count). The highest BCUT2D eigenvalue weighted by atomic mass is 32.1. The SMILES string of the molecule is CON=Cc1ccc(-n2nc(-c3cccnc3)c3c2-c2sc(NC(=O)OC)nc2CC3)c(F)c1. The zero-order valence-corrected chi connectivity index (χ0v) is 19.1. The van der Waals surface area contributed by atoms with Gasteiger partial charge in [0, 0.05) is 23.5 Å². The van der Waals surface area contributed by atoms with Crippen molar-refractivity contribution in [3.05, 3.63) is 65.4 Å². The standard InChI is InChI=1S/C23H19FN6O3S/c1-32-23(31)28-22-27-17-7-6-15-19(14-4-3-9-25-12-14)29-30(20(15)21(17)34-22)18-8-5-13(10-16(18)24)11-26-33-2/h3-5,8-12H,6-7H2,1-2H3,(H,27,28,31). The number of halogens is 1. The number of nitrogens with zero attached hydrogens (tertiary/aromatic N) is 5. The quantitative estimate of drug-likeness (QED) is 0.336. The van der Waals surface area contributed by atoms with E-state index in [2.05, 4.69) is 30.0 Å². The van der Waals surface area contributed by atoms with Crippen LogP contribution in [-0.2, 0) is 22.4 Å². The Morgan fingerprint density at radius 2 is 2.18 bits per heavy atom. The molecule has 1 aromatic carbocycles. The molecular weight excluding hydrogens is 459 g/mol. The van der Waals surface area contributed by atoms with Crippen LogP contribution in [0.5, 0.6) is 0 Å². The largest absolute Gasteiger partial charge is 0.453 e. The van der Waals surface area contributed by atoms with Gasteiger partial charge in [0.05, 0.1) is 35.3 Å². The lowest BCUT2D eigenvalue weighted by Gasteiger charge is -2.14. The number of aromatic nitrogens is 4. The predicted octanol–water partition coefficient (Wildman–Crippen LogP) is 4.45. The molecule has 1 N–H and O–H groups in total. The zero-order chi connectivity index (χ0) is 23.7. The molecule has 0 bridgehead atoms. The lowest BCUT2D eigenvalue weighted by atomic mass is 9.95. The van der Waals surface area contributed by atoms with Crippen LogP contribution in [0.3, 0.4) is 0 Å². The number of thiazole rings is 1. The van der Waals surface area contributed by atoms with E-state index in [1.807, 2.05) is 12.1 Å². The molecule has 0 atom stereocenters. The average Bonchev–Trinajstić information content (AvgIpc) is 3.44. The molecule has 3 aromatic heterocycles. The van der Waals surface area contributed by atoms with Gasteiger partial charge in [0.15, 0.2) is 5.13 Å². The molecule has 0 fully saturated rings. The van der Waals surface area contributed by atoms with Gasteiger partial charge < -0.3 is 9.57 Å². The third kappa shape index (κ3) is 3.90. The van der Waals surface area contributed by atoms with Crippen LogP contribution in [0.25, 0.3) is 27.5 Å². The van der Waals surface area contributed by atoms with Crippen LogP contribution in [0.1, 0.15) is 16.8 Å². The van der Waals surface area contributed by atoms with Gasteiger partial charge in [0.2, 0.25) is 0 Å². The molecule has 0 saturated carbocycles. The monoisotopic (exact) mass is 478 g/mol. The van der Waals surface area contributed by atoms with Gasteiger partial charge in [0.25, 0.3) is 0 Å². The minimum atomic E-state index is -0.602. The van der Waals surface area contributed by atoms with E-state index in [-0.39, 0.29) is 5.69 Å². The van der Waals surface area contributed by atoms with Crippen LogP contribution in [0.15, 0.2) is 47.9 Å². The summed E-state index contributed by atoms with van der Waals surface area (Å²) >= 11 is 1.30. The van der Waals surface area contributed by atoms with Crippen LogP contribution < -0.4 is 5.32 Å². The first kappa shape index (κ1) is 21.7. The van der Waals surface area contributed by atoms with Crippen molar-refractivity contribution in [3.8, 4) is 27.5 Å². The van der Waals surface area contributed by atoms with E-state index < -0.39 is 11.9 Å². The summed E-state index contributed by atoms with van der Waals surface area (Å²) in [5, 5.41) is 11.5. The van der Waals surface area contributed by atoms with E-state index in [0.29, 0.717) is 23.5 Å². The van der Waals surface area contributed by atoms with Gasteiger partial charge in [-0.05, 0) is 42.7 Å². The first-order valence-electron chi connectivity index (χ1n) is 10.3. The minimum absolute atomic E-state index is 0.282. The summed E-state index contributed by atoms with van der Waals surface area (Å²) in [4.78, 5) is 26.0. The topological polar surface area (TPSA) is 104 Å². The van der Waals surface area contributed by atoms with Crippen molar-refractivity contribution >= 4 is 28.8 Å². The number of rotatable bonds is 5. The Hall–Kier alpha value is -4.12. The fraction of sp³-hybridized carbons (Fsp3) is 0.174. The molecule has 1 aliphatic rings. The number of methoxy groups -OCH3 is 1. The van der Waals surface area contributed by atoms with Gasteiger partial charge in [-0.15, -0.1) is 0 Å². The molecule has 1 aliphatic carbocycles. The number of amides is 1. The van der Waals surface area contributed by atoms with Gasteiger partial charge >= 0.3 is 6.09 Å². The van der Waals surface area contributed by atoms with Crippen molar-refractivity contribution in [2.45, 2.75) is 12.8 Å². The van der Waals surface area contributed by atoms with Crippen LogP contribution in [0.2, 0.25) is 0 Å². The van der Waals surface area contributed by atoms with Gasteiger partial charge in [-0.25, -0.2) is 18.9 Å². The van der Waals surface area contributed by atoms with E-state index in [4.69, 9.17) is 5.10 Å². The summed E-state index contributed by atoms with van der Waals surface area (Å²) in [7, 11) is 2.72. The number of hydrogen-bond acceptors (Lipinski definition) is 8. The summed E-state index contributed by atoms with van der Waals surface area (Å²) in [5.74, 6) is -0.465. The summed E-state index contributed by atoms with van der Waals surface area (Å²) in [6, 6.07) is 8.52. The van der Waals surface area contributed by atoms with E-state index in [9.17, 15) is 4.79 Å². The number of oxime groups is 1. The van der Waals surface area contributed by atoms with Crippen molar-refractivity contribution < 1.29 is 18.8 Å². The zero-order valence-electron chi connectivity index (χ0n) is 18.3. The molecule has 3 heterocycles. The van der Waals surface area contributed by atoms with E-state index in [1.54, 1.807) is 29.2 Å². The Balaban J connectivity index is 1.69. The molecule has 0 spiro atoms. The van der Waals surface area contributed by atoms with Crippen molar-refractivity contribution in [1.82, 2.24) is 19.7 Å². The molecule has 4 aromatic rings. The Bertz CT molecular complexity index is 1400. The Kier molecular flexibility index (Phi) is 5.76. The summed E-state index contributed by atoms with van der Waals surface area (Å²) < 4.78 is 21.6. The highest BCUT2D eigenvalue weighted by Crippen LogP contribution is 2.44. The molecule has 172 valence electrons. The van der Waals surface area contributed by atoms with Crippen LogP contribution in [-0.4, -0.2) is 46.3 Å². The first-order chi connectivity index (χ1) is 16.6. The third-order valence-electron chi connectivity index (χ3n) is 5.34. The van der Waals surface area contributed by atoms with E-state index >= 15 is 4.39 Å². The van der Waals surface area contributed by atoms with E-state index in [0.717, 1.165) is 33.1 Å². The van der Waals surface area contributed by atoms with Gasteiger partial charge in [-0.1, -0.05) is 22.6 Å². The average molecular weight is 479 g/mol. The number of fused-ring (bicyclic) bond motifs is 3. The Morgan fingerprint density at radius 1 is 1.29 bits per heavy atom. The van der Waals surface area contributed by atoms with Gasteiger partial charge in [-0.3, -0.25) is 10.3 Å². The minimum Gasteiger partial charge on any atom is -0.453 e. The number of anilines is 1.